The van der Waals surface area contributed by atoms with Crippen LogP contribution in [0.25, 0.3) is 0 Å². The van der Waals surface area contributed by atoms with Crippen LogP contribution in [0.5, 0.6) is 0 Å². The minimum atomic E-state index is -0.424. The molecule has 0 aromatic heterocycles. The fraction of sp³-hybridized carbons (Fsp3) is 0.818. The lowest BCUT2D eigenvalue weighted by atomic mass is 10.0. The van der Waals surface area contributed by atoms with E-state index >= 15 is 0 Å². The number of amides is 2. The fourth-order valence-corrected chi connectivity index (χ4v) is 1.94. The Morgan fingerprint density at radius 2 is 1.88 bits per heavy atom. The summed E-state index contributed by atoms with van der Waals surface area (Å²) < 4.78 is 0. The summed E-state index contributed by atoms with van der Waals surface area (Å²) in [6, 6.07) is -0.424. The van der Waals surface area contributed by atoms with Crippen LogP contribution in [0.2, 0.25) is 0 Å². The minimum Gasteiger partial charge on any atom is -0.368 e. The average Bonchev–Trinajstić information content (AvgIpc) is 2.69. The number of hydrogen-bond acceptors (Lipinski definition) is 3. The van der Waals surface area contributed by atoms with Crippen LogP contribution in [0.3, 0.4) is 0 Å². The molecule has 0 radical (unpaired) electrons. The number of rotatable bonds is 5. The first kappa shape index (κ1) is 13.0. The second-order valence-corrected chi connectivity index (χ2v) is 4.59. The summed E-state index contributed by atoms with van der Waals surface area (Å²) in [5.74, 6) is -0.238. The van der Waals surface area contributed by atoms with Crippen molar-refractivity contribution in [2.75, 3.05) is 19.6 Å². The van der Waals surface area contributed by atoms with Gasteiger partial charge in [0.15, 0.2) is 0 Å². The van der Waals surface area contributed by atoms with E-state index < -0.39 is 11.9 Å². The van der Waals surface area contributed by atoms with Crippen molar-refractivity contribution in [3.8, 4) is 0 Å². The molecule has 1 aliphatic heterocycles. The SMILES string of the molecule is CC(C)C(NCC(=O)N1CCCC1)C(N)=O. The molecule has 1 rings (SSSR count). The third-order valence-corrected chi connectivity index (χ3v) is 2.91. The van der Waals surface area contributed by atoms with Crippen molar-refractivity contribution in [3.63, 3.8) is 0 Å². The van der Waals surface area contributed by atoms with Crippen LogP contribution in [0.4, 0.5) is 0 Å². The van der Waals surface area contributed by atoms with E-state index in [9.17, 15) is 9.59 Å². The zero-order chi connectivity index (χ0) is 12.1. The Kier molecular flexibility index (Phi) is 4.73. The zero-order valence-corrected chi connectivity index (χ0v) is 10.0. The van der Waals surface area contributed by atoms with E-state index in [-0.39, 0.29) is 18.4 Å². The van der Waals surface area contributed by atoms with Gasteiger partial charge in [-0.2, -0.15) is 0 Å². The van der Waals surface area contributed by atoms with E-state index in [2.05, 4.69) is 5.32 Å². The van der Waals surface area contributed by atoms with E-state index in [1.54, 1.807) is 0 Å². The first-order valence-corrected chi connectivity index (χ1v) is 5.83. The Balaban J connectivity index is 2.36. The lowest BCUT2D eigenvalue weighted by molar-refractivity contribution is -0.129. The molecule has 2 amide bonds. The first-order valence-electron chi connectivity index (χ1n) is 5.83. The molecule has 92 valence electrons. The quantitative estimate of drug-likeness (QED) is 0.677. The van der Waals surface area contributed by atoms with E-state index in [1.807, 2.05) is 18.7 Å². The van der Waals surface area contributed by atoms with Gasteiger partial charge in [0.2, 0.25) is 11.8 Å². The number of primary amides is 1. The molecule has 0 bridgehead atoms. The summed E-state index contributed by atoms with van der Waals surface area (Å²) in [6.45, 7) is 5.68. The van der Waals surface area contributed by atoms with Crippen LogP contribution in [0.15, 0.2) is 0 Å². The number of hydrogen-bond donors (Lipinski definition) is 2. The van der Waals surface area contributed by atoms with Gasteiger partial charge in [0.25, 0.3) is 0 Å². The van der Waals surface area contributed by atoms with Crippen molar-refractivity contribution >= 4 is 11.8 Å². The van der Waals surface area contributed by atoms with Gasteiger partial charge >= 0.3 is 0 Å². The second-order valence-electron chi connectivity index (χ2n) is 4.59. The van der Waals surface area contributed by atoms with Crippen molar-refractivity contribution in [1.29, 1.82) is 0 Å². The maximum Gasteiger partial charge on any atom is 0.236 e. The molecular weight excluding hydrogens is 206 g/mol. The number of carbonyl (C=O) groups is 2. The molecule has 3 N–H and O–H groups in total. The standard InChI is InChI=1S/C11H21N3O2/c1-8(2)10(11(12)16)13-7-9(15)14-5-3-4-6-14/h8,10,13H,3-7H2,1-2H3,(H2,12,16). The van der Waals surface area contributed by atoms with E-state index in [0.29, 0.717) is 0 Å². The number of nitrogens with one attached hydrogen (secondary N) is 1. The van der Waals surface area contributed by atoms with Gasteiger partial charge in [-0.05, 0) is 18.8 Å². The molecule has 0 aromatic rings. The smallest absolute Gasteiger partial charge is 0.236 e. The Morgan fingerprint density at radius 3 is 2.31 bits per heavy atom. The number of nitrogens with two attached hydrogens (primary N) is 1. The van der Waals surface area contributed by atoms with Crippen LogP contribution in [0, 0.1) is 5.92 Å². The molecule has 0 saturated carbocycles. The predicted molar refractivity (Wildman–Crippen MR) is 61.6 cm³/mol. The monoisotopic (exact) mass is 227 g/mol. The lowest BCUT2D eigenvalue weighted by Gasteiger charge is -2.21. The summed E-state index contributed by atoms with van der Waals surface area (Å²) in [6.07, 6.45) is 2.16. The second kappa shape index (κ2) is 5.84. The summed E-state index contributed by atoms with van der Waals surface area (Å²) in [4.78, 5) is 24.6. The van der Waals surface area contributed by atoms with Gasteiger partial charge in [0, 0.05) is 13.1 Å². The fourth-order valence-electron chi connectivity index (χ4n) is 1.94. The van der Waals surface area contributed by atoms with Gasteiger partial charge in [0.05, 0.1) is 12.6 Å². The van der Waals surface area contributed by atoms with Gasteiger partial charge in [-0.25, -0.2) is 0 Å². The van der Waals surface area contributed by atoms with Crippen LogP contribution in [-0.4, -0.2) is 42.4 Å². The molecule has 0 aliphatic carbocycles. The summed E-state index contributed by atoms with van der Waals surface area (Å²) in [5, 5.41) is 2.93. The molecule has 0 spiro atoms. The third kappa shape index (κ3) is 3.48. The minimum absolute atomic E-state index is 0.0596. The molecule has 1 atom stereocenters. The van der Waals surface area contributed by atoms with Crippen molar-refractivity contribution in [1.82, 2.24) is 10.2 Å². The number of likely N-dealkylation sites (tertiary alicyclic amines) is 1. The van der Waals surface area contributed by atoms with Gasteiger partial charge < -0.3 is 10.6 Å². The molecule has 1 fully saturated rings. The van der Waals surface area contributed by atoms with Gasteiger partial charge in [0.1, 0.15) is 0 Å². The van der Waals surface area contributed by atoms with E-state index in [1.165, 1.54) is 0 Å². The molecule has 16 heavy (non-hydrogen) atoms. The molecule has 0 aromatic carbocycles. The van der Waals surface area contributed by atoms with Gasteiger partial charge in [-0.15, -0.1) is 0 Å². The van der Waals surface area contributed by atoms with Crippen molar-refractivity contribution in [3.05, 3.63) is 0 Å². The lowest BCUT2D eigenvalue weighted by Crippen LogP contribution is -2.48. The average molecular weight is 227 g/mol. The predicted octanol–water partition coefficient (Wildman–Crippen LogP) is -0.292. The third-order valence-electron chi connectivity index (χ3n) is 2.91. The number of carbonyl (C=O) groups excluding carboxylic acids is 2. The zero-order valence-electron chi connectivity index (χ0n) is 10.0. The highest BCUT2D eigenvalue weighted by molar-refractivity contribution is 5.82. The summed E-state index contributed by atoms with van der Waals surface area (Å²) >= 11 is 0. The Morgan fingerprint density at radius 1 is 1.31 bits per heavy atom. The summed E-state index contributed by atoms with van der Waals surface area (Å²) in [5.41, 5.74) is 5.25. The van der Waals surface area contributed by atoms with Crippen LogP contribution in [-0.2, 0) is 9.59 Å². The molecule has 1 heterocycles. The molecular formula is C11H21N3O2. The van der Waals surface area contributed by atoms with Crippen molar-refractivity contribution in [2.45, 2.75) is 32.7 Å². The van der Waals surface area contributed by atoms with Crippen LogP contribution >= 0.6 is 0 Å². The highest BCUT2D eigenvalue weighted by atomic mass is 16.2. The van der Waals surface area contributed by atoms with Crippen molar-refractivity contribution in [2.24, 2.45) is 11.7 Å². The Hall–Kier alpha value is -1.10. The Bertz CT molecular complexity index is 260. The number of nitrogens with zero attached hydrogens (tertiary/aromatic N) is 1. The molecule has 5 nitrogen and oxygen atoms in total. The van der Waals surface area contributed by atoms with E-state index in [0.717, 1.165) is 25.9 Å². The maximum absolute atomic E-state index is 11.7. The summed E-state index contributed by atoms with van der Waals surface area (Å²) in [7, 11) is 0. The molecule has 1 aliphatic rings. The molecule has 1 saturated heterocycles. The molecule has 5 heteroatoms. The normalized spacial score (nSPS) is 17.8. The Labute approximate surface area is 96.4 Å². The molecule has 1 unspecified atom stereocenters. The maximum atomic E-state index is 11.7. The largest absolute Gasteiger partial charge is 0.368 e. The van der Waals surface area contributed by atoms with Gasteiger partial charge in [-0.3, -0.25) is 14.9 Å². The first-order chi connectivity index (χ1) is 7.52. The van der Waals surface area contributed by atoms with Crippen LogP contribution < -0.4 is 11.1 Å². The topological polar surface area (TPSA) is 75.4 Å². The van der Waals surface area contributed by atoms with Crippen LogP contribution in [0.1, 0.15) is 26.7 Å². The highest BCUT2D eigenvalue weighted by Gasteiger charge is 2.22. The highest BCUT2D eigenvalue weighted by Crippen LogP contribution is 2.07. The van der Waals surface area contributed by atoms with E-state index in [4.69, 9.17) is 5.73 Å². The van der Waals surface area contributed by atoms with Crippen molar-refractivity contribution < 1.29 is 9.59 Å². The van der Waals surface area contributed by atoms with Gasteiger partial charge in [-0.1, -0.05) is 13.8 Å².